The predicted octanol–water partition coefficient (Wildman–Crippen LogP) is 4.44. The van der Waals surface area contributed by atoms with Gasteiger partial charge in [-0.25, -0.2) is 0 Å². The van der Waals surface area contributed by atoms with Crippen LogP contribution in [0.25, 0.3) is 0 Å². The summed E-state index contributed by atoms with van der Waals surface area (Å²) in [4.78, 5) is 0. The van der Waals surface area contributed by atoms with Crippen LogP contribution in [0.1, 0.15) is 70.9 Å². The quantitative estimate of drug-likeness (QED) is 0.388. The molecule has 170 valence electrons. The van der Waals surface area contributed by atoms with Gasteiger partial charge < -0.3 is 21.2 Å². The number of rotatable bonds is 9. The molecule has 0 aliphatic carbocycles. The van der Waals surface area contributed by atoms with Gasteiger partial charge in [-0.3, -0.25) is 0 Å². The summed E-state index contributed by atoms with van der Waals surface area (Å²) in [5.74, 6) is 0.308. The van der Waals surface area contributed by atoms with Gasteiger partial charge in [0.25, 0.3) is 0 Å². The van der Waals surface area contributed by atoms with Crippen LogP contribution in [0.5, 0.6) is 0 Å². The van der Waals surface area contributed by atoms with Gasteiger partial charge in [0.2, 0.25) is 0 Å². The van der Waals surface area contributed by atoms with E-state index in [1.807, 2.05) is 76.2 Å². The molecule has 6 N–H and O–H groups in total. The van der Waals surface area contributed by atoms with E-state index in [1.165, 1.54) is 5.56 Å². The van der Waals surface area contributed by atoms with Crippen molar-refractivity contribution >= 4 is 0 Å². The lowest BCUT2D eigenvalue weighted by Gasteiger charge is -2.33. The second-order valence-electron chi connectivity index (χ2n) is 8.61. The summed E-state index contributed by atoms with van der Waals surface area (Å²) in [6.07, 6.45) is 1.35. The minimum atomic E-state index is -0.440. The van der Waals surface area contributed by atoms with E-state index in [0.29, 0.717) is 12.8 Å². The molecular weight excluding hydrogens is 376 g/mol. The van der Waals surface area contributed by atoms with E-state index in [4.69, 9.17) is 21.2 Å². The molecule has 0 aliphatic heterocycles. The average molecular weight is 419 g/mol. The van der Waals surface area contributed by atoms with Gasteiger partial charge in [-0.05, 0) is 51.7 Å². The summed E-state index contributed by atoms with van der Waals surface area (Å²) in [5.41, 5.74) is 10.00. The van der Waals surface area contributed by atoms with Crippen molar-refractivity contribution in [2.24, 2.45) is 5.73 Å². The van der Waals surface area contributed by atoms with E-state index >= 15 is 0 Å². The largest absolute Gasteiger partial charge is 0.396 e. The van der Waals surface area contributed by atoms with Crippen molar-refractivity contribution in [3.63, 3.8) is 0 Å². The Morgan fingerprint density at radius 2 is 1.13 bits per heavy atom. The summed E-state index contributed by atoms with van der Waals surface area (Å²) >= 11 is 0. The van der Waals surface area contributed by atoms with Crippen molar-refractivity contribution < 1.29 is 15.4 Å². The van der Waals surface area contributed by atoms with Crippen molar-refractivity contribution in [2.45, 2.75) is 70.9 Å². The lowest BCUT2D eigenvalue weighted by molar-refractivity contribution is 0.0586. The first-order valence-corrected chi connectivity index (χ1v) is 10.2. The van der Waals surface area contributed by atoms with Crippen LogP contribution in [-0.2, 0) is 0 Å². The maximum Gasteiger partial charge on any atom is 0.0443 e. The minimum Gasteiger partial charge on any atom is -0.396 e. The molecule has 30 heavy (non-hydrogen) atoms. The van der Waals surface area contributed by atoms with Gasteiger partial charge >= 0.3 is 0 Å². The molecule has 0 saturated heterocycles. The molecule has 0 aliphatic rings. The van der Waals surface area contributed by atoms with Gasteiger partial charge in [0, 0.05) is 36.1 Å². The Labute approximate surface area is 182 Å². The highest BCUT2D eigenvalue weighted by Crippen LogP contribution is 2.30. The van der Waals surface area contributed by atoms with Crippen LogP contribution in [0.15, 0.2) is 60.7 Å². The van der Waals surface area contributed by atoms with Crippen LogP contribution in [0.3, 0.4) is 0 Å². The van der Waals surface area contributed by atoms with E-state index in [9.17, 15) is 0 Å². The maximum atomic E-state index is 9.12. The SMILES string of the molecule is C.CC(C)(N)C(CCO)c1ccccc1.CC(C)(NO)C(CCO)c1ccccc1. The third-order valence-electron chi connectivity index (χ3n) is 5.30. The Kier molecular flexibility index (Phi) is 12.7. The monoisotopic (exact) mass is 418 g/mol. The van der Waals surface area contributed by atoms with Gasteiger partial charge in [0.1, 0.15) is 0 Å². The van der Waals surface area contributed by atoms with Gasteiger partial charge in [0.05, 0.1) is 0 Å². The molecule has 2 atom stereocenters. The van der Waals surface area contributed by atoms with Gasteiger partial charge in [-0.2, -0.15) is 5.48 Å². The molecule has 5 heteroatoms. The Hall–Kier alpha value is -1.76. The Balaban J connectivity index is 0.000000544. The molecule has 0 spiro atoms. The lowest BCUT2D eigenvalue weighted by atomic mass is 9.80. The molecule has 2 aromatic carbocycles. The summed E-state index contributed by atoms with van der Waals surface area (Å²) in [5, 5.41) is 27.2. The van der Waals surface area contributed by atoms with E-state index in [2.05, 4.69) is 17.6 Å². The fourth-order valence-electron chi connectivity index (χ4n) is 3.62. The fourth-order valence-corrected chi connectivity index (χ4v) is 3.62. The molecule has 2 unspecified atom stereocenters. The Morgan fingerprint density at radius 3 is 1.47 bits per heavy atom. The molecule has 0 fully saturated rings. The van der Waals surface area contributed by atoms with Gasteiger partial charge in [-0.15, -0.1) is 0 Å². The average Bonchev–Trinajstić information content (AvgIpc) is 2.71. The second kappa shape index (κ2) is 13.5. The van der Waals surface area contributed by atoms with E-state index < -0.39 is 5.54 Å². The van der Waals surface area contributed by atoms with Crippen LogP contribution in [0.4, 0.5) is 0 Å². The highest BCUT2D eigenvalue weighted by molar-refractivity contribution is 5.23. The standard InChI is InChI=1S/C12H19NO2.C12H19NO.CH4/c1-12(2,13-15)11(8-9-14)10-6-4-3-5-7-10;1-12(2,13)11(8-9-14)10-6-4-3-5-7-10;/h3-7,11,13-15H,8-9H2,1-2H3;3-7,11,14H,8-9,13H2,1-2H3;1H4. The number of hydroxylamine groups is 1. The highest BCUT2D eigenvalue weighted by Gasteiger charge is 2.29. The number of aliphatic hydroxyl groups is 2. The Morgan fingerprint density at radius 1 is 0.767 bits per heavy atom. The summed E-state index contributed by atoms with van der Waals surface area (Å²) in [7, 11) is 0. The van der Waals surface area contributed by atoms with Crippen molar-refractivity contribution in [3.8, 4) is 0 Å². The molecule has 0 bridgehead atoms. The van der Waals surface area contributed by atoms with E-state index in [-0.39, 0.29) is 38.0 Å². The molecule has 0 saturated carbocycles. The van der Waals surface area contributed by atoms with Crippen LogP contribution < -0.4 is 11.2 Å². The number of hydrogen-bond donors (Lipinski definition) is 5. The van der Waals surface area contributed by atoms with Crippen LogP contribution in [-0.4, -0.2) is 39.7 Å². The zero-order valence-corrected chi connectivity index (χ0v) is 18.2. The van der Waals surface area contributed by atoms with Crippen molar-refractivity contribution in [3.05, 3.63) is 71.8 Å². The fraction of sp³-hybridized carbons (Fsp3) is 0.520. The molecule has 0 aromatic heterocycles. The van der Waals surface area contributed by atoms with Gasteiger partial charge in [0.15, 0.2) is 0 Å². The number of hydrogen-bond acceptors (Lipinski definition) is 5. The first-order chi connectivity index (χ1) is 13.7. The topological polar surface area (TPSA) is 98.7 Å². The first-order valence-electron chi connectivity index (χ1n) is 10.2. The minimum absolute atomic E-state index is 0. The third kappa shape index (κ3) is 8.94. The molecule has 2 aromatic rings. The molecule has 0 radical (unpaired) electrons. The predicted molar refractivity (Wildman–Crippen MR) is 126 cm³/mol. The molecule has 5 nitrogen and oxygen atoms in total. The van der Waals surface area contributed by atoms with Crippen LogP contribution in [0.2, 0.25) is 0 Å². The van der Waals surface area contributed by atoms with Crippen LogP contribution >= 0.6 is 0 Å². The van der Waals surface area contributed by atoms with E-state index in [0.717, 1.165) is 5.56 Å². The van der Waals surface area contributed by atoms with E-state index in [1.54, 1.807) is 0 Å². The first kappa shape index (κ1) is 28.2. The highest BCUT2D eigenvalue weighted by atomic mass is 16.5. The van der Waals surface area contributed by atoms with Gasteiger partial charge in [-0.1, -0.05) is 68.1 Å². The van der Waals surface area contributed by atoms with Crippen molar-refractivity contribution in [1.82, 2.24) is 5.48 Å². The normalized spacial score (nSPS) is 13.5. The third-order valence-corrected chi connectivity index (χ3v) is 5.30. The molecule has 2 rings (SSSR count). The second-order valence-corrected chi connectivity index (χ2v) is 8.61. The smallest absolute Gasteiger partial charge is 0.0443 e. The van der Waals surface area contributed by atoms with Crippen molar-refractivity contribution in [1.29, 1.82) is 0 Å². The Bertz CT molecular complexity index is 670. The summed E-state index contributed by atoms with van der Waals surface area (Å²) in [6.45, 7) is 8.13. The summed E-state index contributed by atoms with van der Waals surface area (Å²) in [6, 6.07) is 20.0. The number of benzene rings is 2. The molecule has 0 heterocycles. The molecular formula is C25H42N2O3. The van der Waals surface area contributed by atoms with Crippen molar-refractivity contribution in [2.75, 3.05) is 13.2 Å². The number of nitrogens with one attached hydrogen (secondary N) is 1. The number of nitrogens with two attached hydrogens (primary N) is 1. The molecule has 0 amide bonds. The zero-order chi connectivity index (χ0) is 21.9. The number of aliphatic hydroxyl groups excluding tert-OH is 2. The maximum absolute atomic E-state index is 9.12. The lowest BCUT2D eigenvalue weighted by Crippen LogP contribution is -2.43. The zero-order valence-electron chi connectivity index (χ0n) is 18.2. The summed E-state index contributed by atoms with van der Waals surface area (Å²) < 4.78 is 0. The van der Waals surface area contributed by atoms with Crippen LogP contribution in [0, 0.1) is 0 Å².